The van der Waals surface area contributed by atoms with Gasteiger partial charge in [-0.3, -0.25) is 14.9 Å². The highest BCUT2D eigenvalue weighted by atomic mass is 79.9. The van der Waals surface area contributed by atoms with E-state index in [2.05, 4.69) is 31.9 Å². The Morgan fingerprint density at radius 3 is 2.38 bits per heavy atom. The summed E-state index contributed by atoms with van der Waals surface area (Å²) in [4.78, 5) is 35.9. The van der Waals surface area contributed by atoms with Crippen molar-refractivity contribution in [2.75, 3.05) is 25.5 Å². The van der Waals surface area contributed by atoms with Crippen LogP contribution in [0.2, 0.25) is 0 Å². The molecule has 0 aliphatic carbocycles. The van der Waals surface area contributed by atoms with E-state index in [0.29, 0.717) is 4.90 Å². The van der Waals surface area contributed by atoms with Gasteiger partial charge in [0.15, 0.2) is 13.1 Å². The van der Waals surface area contributed by atoms with Gasteiger partial charge in [0.2, 0.25) is 0 Å². The van der Waals surface area contributed by atoms with E-state index < -0.39 is 11.9 Å². The fraction of sp³-hybridized carbons (Fsp3) is 0.438. The predicted octanol–water partition coefficient (Wildman–Crippen LogP) is 0.445. The first kappa shape index (κ1) is 20.1. The Morgan fingerprint density at radius 2 is 1.79 bits per heavy atom. The normalized spacial score (nSPS) is 11.8. The largest absolute Gasteiger partial charge is 0.336 e. The second-order valence-corrected chi connectivity index (χ2v) is 6.91. The molecule has 0 radical (unpaired) electrons. The summed E-state index contributed by atoms with van der Waals surface area (Å²) < 4.78 is 0.942. The molecule has 24 heavy (non-hydrogen) atoms. The first-order chi connectivity index (χ1) is 11.2. The summed E-state index contributed by atoms with van der Waals surface area (Å²) in [5, 5.41) is 7.62. The maximum atomic E-state index is 12.1. The molecular formula is C16H24BrN4O3+. The second kappa shape index (κ2) is 9.39. The first-order valence-corrected chi connectivity index (χ1v) is 8.44. The number of aryl methyl sites for hydroxylation is 1. The average Bonchev–Trinajstić information content (AvgIpc) is 2.40. The monoisotopic (exact) mass is 399 g/mol. The lowest BCUT2D eigenvalue weighted by Gasteiger charge is -2.15. The SMILES string of the molecule is Cc1cc(Br)ccc1NC(=O)C[NH+](C)CC(=O)NC(=O)NC(C)C. The molecule has 7 nitrogen and oxygen atoms in total. The molecule has 1 aromatic carbocycles. The molecule has 0 aliphatic heterocycles. The number of likely N-dealkylation sites (N-methyl/N-ethyl adjacent to an activating group) is 1. The maximum Gasteiger partial charge on any atom is 0.321 e. The van der Waals surface area contributed by atoms with Crippen molar-refractivity contribution in [3.63, 3.8) is 0 Å². The van der Waals surface area contributed by atoms with Crippen LogP contribution in [0.1, 0.15) is 19.4 Å². The standard InChI is InChI=1S/C16H23BrN4O3/c1-10(2)18-16(24)20-15(23)9-21(4)8-14(22)19-13-6-5-12(17)7-11(13)3/h5-7,10H,8-9H2,1-4H3,(H,19,22)(H2,18,20,23,24)/p+1. The number of urea groups is 1. The molecule has 0 spiro atoms. The third-order valence-electron chi connectivity index (χ3n) is 3.06. The van der Waals surface area contributed by atoms with E-state index in [9.17, 15) is 14.4 Å². The highest BCUT2D eigenvalue weighted by molar-refractivity contribution is 9.10. The van der Waals surface area contributed by atoms with E-state index in [4.69, 9.17) is 0 Å². The van der Waals surface area contributed by atoms with E-state index in [1.807, 2.05) is 25.1 Å². The molecule has 0 heterocycles. The van der Waals surface area contributed by atoms with Crippen molar-refractivity contribution >= 4 is 39.5 Å². The van der Waals surface area contributed by atoms with E-state index >= 15 is 0 Å². The van der Waals surface area contributed by atoms with Crippen LogP contribution in [-0.2, 0) is 9.59 Å². The molecule has 0 saturated heterocycles. The van der Waals surface area contributed by atoms with Gasteiger partial charge in [-0.05, 0) is 44.5 Å². The van der Waals surface area contributed by atoms with E-state index in [-0.39, 0.29) is 25.0 Å². The molecular weight excluding hydrogens is 376 g/mol. The molecule has 132 valence electrons. The smallest absolute Gasteiger partial charge is 0.321 e. The van der Waals surface area contributed by atoms with Crippen molar-refractivity contribution in [3.8, 4) is 0 Å². The molecule has 8 heteroatoms. The molecule has 1 unspecified atom stereocenters. The van der Waals surface area contributed by atoms with Crippen molar-refractivity contribution < 1.29 is 19.3 Å². The molecule has 0 aliphatic rings. The van der Waals surface area contributed by atoms with E-state index in [1.54, 1.807) is 20.9 Å². The van der Waals surface area contributed by atoms with Crippen molar-refractivity contribution in [1.29, 1.82) is 0 Å². The fourth-order valence-electron chi connectivity index (χ4n) is 2.04. The van der Waals surface area contributed by atoms with Gasteiger partial charge in [0, 0.05) is 16.2 Å². The zero-order valence-corrected chi connectivity index (χ0v) is 15.9. The summed E-state index contributed by atoms with van der Waals surface area (Å²) in [5.41, 5.74) is 1.68. The third kappa shape index (κ3) is 7.56. The summed E-state index contributed by atoms with van der Waals surface area (Å²) in [6.45, 7) is 5.65. The summed E-state index contributed by atoms with van der Waals surface area (Å²) in [5.74, 6) is -0.629. The lowest BCUT2D eigenvalue weighted by molar-refractivity contribution is -0.862. The van der Waals surface area contributed by atoms with Crippen LogP contribution in [0.15, 0.2) is 22.7 Å². The van der Waals surface area contributed by atoms with Crippen LogP contribution in [0, 0.1) is 6.92 Å². The van der Waals surface area contributed by atoms with Crippen LogP contribution in [0.3, 0.4) is 0 Å². The van der Waals surface area contributed by atoms with Crippen LogP contribution in [-0.4, -0.2) is 44.0 Å². The number of quaternary nitrogens is 1. The molecule has 1 aromatic rings. The zero-order chi connectivity index (χ0) is 18.3. The molecule has 1 rings (SSSR count). The lowest BCUT2D eigenvalue weighted by Crippen LogP contribution is -3.11. The number of anilines is 1. The quantitative estimate of drug-likeness (QED) is 0.559. The minimum atomic E-state index is -0.530. The first-order valence-electron chi connectivity index (χ1n) is 7.65. The number of imide groups is 1. The van der Waals surface area contributed by atoms with Gasteiger partial charge in [-0.25, -0.2) is 4.79 Å². The van der Waals surface area contributed by atoms with Gasteiger partial charge in [0.05, 0.1) is 7.05 Å². The van der Waals surface area contributed by atoms with E-state index in [1.165, 1.54) is 0 Å². The maximum absolute atomic E-state index is 12.1. The molecule has 1 atom stereocenters. The Kier molecular flexibility index (Phi) is 7.87. The Labute approximate surface area is 150 Å². The van der Waals surface area contributed by atoms with Gasteiger partial charge in [-0.2, -0.15) is 0 Å². The minimum Gasteiger partial charge on any atom is -0.336 e. The summed E-state index contributed by atoms with van der Waals surface area (Å²) >= 11 is 3.37. The summed E-state index contributed by atoms with van der Waals surface area (Å²) in [6, 6.07) is 4.99. The molecule has 4 amide bonds. The van der Waals surface area contributed by atoms with Crippen LogP contribution >= 0.6 is 15.9 Å². The van der Waals surface area contributed by atoms with Gasteiger partial charge in [-0.15, -0.1) is 0 Å². The highest BCUT2D eigenvalue weighted by Gasteiger charge is 2.16. The van der Waals surface area contributed by atoms with Crippen molar-refractivity contribution in [3.05, 3.63) is 28.2 Å². The third-order valence-corrected chi connectivity index (χ3v) is 3.55. The van der Waals surface area contributed by atoms with Crippen LogP contribution in [0.5, 0.6) is 0 Å². The lowest BCUT2D eigenvalue weighted by atomic mass is 10.2. The number of amides is 4. The Balaban J connectivity index is 2.43. The summed E-state index contributed by atoms with van der Waals surface area (Å²) in [7, 11) is 1.72. The summed E-state index contributed by atoms with van der Waals surface area (Å²) in [6.07, 6.45) is 0. The molecule has 4 N–H and O–H groups in total. The van der Waals surface area contributed by atoms with Crippen molar-refractivity contribution in [1.82, 2.24) is 10.6 Å². The number of hydrogen-bond donors (Lipinski definition) is 4. The van der Waals surface area contributed by atoms with Gasteiger partial charge < -0.3 is 15.5 Å². The average molecular weight is 400 g/mol. The van der Waals surface area contributed by atoms with Gasteiger partial charge >= 0.3 is 6.03 Å². The van der Waals surface area contributed by atoms with Gasteiger partial charge in [0.25, 0.3) is 11.8 Å². The topological polar surface area (TPSA) is 91.7 Å². The van der Waals surface area contributed by atoms with Crippen LogP contribution in [0.4, 0.5) is 10.5 Å². The Morgan fingerprint density at radius 1 is 1.17 bits per heavy atom. The Hall–Kier alpha value is -1.93. The number of carbonyl (C=O) groups excluding carboxylic acids is 3. The molecule has 0 saturated carbocycles. The number of nitrogens with one attached hydrogen (secondary N) is 4. The van der Waals surface area contributed by atoms with Crippen molar-refractivity contribution in [2.45, 2.75) is 26.8 Å². The zero-order valence-electron chi connectivity index (χ0n) is 14.3. The minimum absolute atomic E-state index is 0.0260. The highest BCUT2D eigenvalue weighted by Crippen LogP contribution is 2.19. The van der Waals surface area contributed by atoms with Gasteiger partial charge in [0.1, 0.15) is 0 Å². The number of benzene rings is 1. The van der Waals surface area contributed by atoms with Gasteiger partial charge in [-0.1, -0.05) is 15.9 Å². The number of hydrogen-bond acceptors (Lipinski definition) is 3. The molecule has 0 fully saturated rings. The molecule has 0 aromatic heterocycles. The van der Waals surface area contributed by atoms with Crippen molar-refractivity contribution in [2.24, 2.45) is 0 Å². The number of rotatable bonds is 6. The number of carbonyl (C=O) groups is 3. The molecule has 0 bridgehead atoms. The second-order valence-electron chi connectivity index (χ2n) is 5.99. The Bertz CT molecular complexity index is 619. The van der Waals surface area contributed by atoms with Crippen LogP contribution in [0.25, 0.3) is 0 Å². The van der Waals surface area contributed by atoms with E-state index in [0.717, 1.165) is 15.7 Å². The predicted molar refractivity (Wildman–Crippen MR) is 95.9 cm³/mol. The fourth-order valence-corrected chi connectivity index (χ4v) is 2.52. The number of halogens is 1. The van der Waals surface area contributed by atoms with Crippen LogP contribution < -0.4 is 20.9 Å².